The predicted molar refractivity (Wildman–Crippen MR) is 77.7 cm³/mol. The summed E-state index contributed by atoms with van der Waals surface area (Å²) in [5.41, 5.74) is 2.89. The van der Waals surface area contributed by atoms with Gasteiger partial charge in [0.2, 0.25) is 0 Å². The minimum Gasteiger partial charge on any atom is -0.382 e. The number of para-hydroxylation sites is 1. The van der Waals surface area contributed by atoms with Gasteiger partial charge >= 0.3 is 0 Å². The van der Waals surface area contributed by atoms with E-state index in [0.717, 1.165) is 6.42 Å². The number of benzene rings is 1. The summed E-state index contributed by atoms with van der Waals surface area (Å²) >= 11 is 0. The molecule has 1 rings (SSSR count). The number of hydrogen-bond donors (Lipinski definition) is 1. The molecule has 0 spiro atoms. The molecule has 1 nitrogen and oxygen atoms in total. The van der Waals surface area contributed by atoms with E-state index in [0.29, 0.717) is 12.0 Å². The van der Waals surface area contributed by atoms with E-state index in [1.807, 2.05) is 0 Å². The molecule has 96 valence electrons. The molecule has 0 fully saturated rings. The van der Waals surface area contributed by atoms with E-state index in [1.165, 1.54) is 11.3 Å². The van der Waals surface area contributed by atoms with Crippen LogP contribution in [0, 0.1) is 5.92 Å². The Morgan fingerprint density at radius 3 is 2.18 bits per heavy atom. The maximum Gasteiger partial charge on any atom is 0.0380 e. The molecule has 0 aromatic heterocycles. The summed E-state index contributed by atoms with van der Waals surface area (Å²) < 4.78 is 0. The fourth-order valence-corrected chi connectivity index (χ4v) is 2.20. The average Bonchev–Trinajstić information content (AvgIpc) is 2.24. The van der Waals surface area contributed by atoms with Crippen LogP contribution in [0.3, 0.4) is 0 Å². The molecule has 0 saturated carbocycles. The van der Waals surface area contributed by atoms with E-state index >= 15 is 0 Å². The summed E-state index contributed by atoms with van der Waals surface area (Å²) in [6, 6.07) is 9.23. The van der Waals surface area contributed by atoms with Gasteiger partial charge in [0, 0.05) is 11.7 Å². The lowest BCUT2D eigenvalue weighted by molar-refractivity contribution is 0.508. The summed E-state index contributed by atoms with van der Waals surface area (Å²) in [7, 11) is 0. The Bertz CT molecular complexity index is 347. The first-order chi connectivity index (χ1) is 7.86. The van der Waals surface area contributed by atoms with Crippen LogP contribution in [-0.4, -0.2) is 6.04 Å². The molecule has 0 aliphatic heterocycles. The molecule has 0 heterocycles. The molecule has 1 unspecified atom stereocenters. The van der Waals surface area contributed by atoms with Crippen molar-refractivity contribution in [3.63, 3.8) is 0 Å². The van der Waals surface area contributed by atoms with Crippen molar-refractivity contribution in [1.29, 1.82) is 0 Å². The average molecular weight is 233 g/mol. The summed E-state index contributed by atoms with van der Waals surface area (Å²) in [6.45, 7) is 13.6. The van der Waals surface area contributed by atoms with Crippen molar-refractivity contribution in [1.82, 2.24) is 0 Å². The molecule has 0 aliphatic carbocycles. The van der Waals surface area contributed by atoms with E-state index in [4.69, 9.17) is 0 Å². The standard InChI is InChI=1S/C16H27N/c1-7-14(12(2)3)17-15-11-9-8-10-13(15)16(4,5)6/h8-12,14,17H,7H2,1-6H3. The SMILES string of the molecule is CCC(Nc1ccccc1C(C)(C)C)C(C)C. The van der Waals surface area contributed by atoms with Gasteiger partial charge in [0.15, 0.2) is 0 Å². The van der Waals surface area contributed by atoms with Gasteiger partial charge in [-0.05, 0) is 29.4 Å². The smallest absolute Gasteiger partial charge is 0.0380 e. The topological polar surface area (TPSA) is 12.0 Å². The zero-order valence-corrected chi connectivity index (χ0v) is 12.2. The number of hydrogen-bond acceptors (Lipinski definition) is 1. The third kappa shape index (κ3) is 3.76. The Labute approximate surface area is 107 Å². The second kappa shape index (κ2) is 5.57. The van der Waals surface area contributed by atoms with Crippen molar-refractivity contribution in [2.45, 2.75) is 59.4 Å². The molecule has 17 heavy (non-hydrogen) atoms. The lowest BCUT2D eigenvalue weighted by Gasteiger charge is -2.28. The van der Waals surface area contributed by atoms with Crippen molar-refractivity contribution in [3.8, 4) is 0 Å². The molecular formula is C16H27N. The maximum absolute atomic E-state index is 3.70. The minimum atomic E-state index is 0.193. The Kier molecular flexibility index (Phi) is 4.62. The van der Waals surface area contributed by atoms with Crippen molar-refractivity contribution in [2.24, 2.45) is 5.92 Å². The monoisotopic (exact) mass is 233 g/mol. The Balaban J connectivity index is 2.98. The molecule has 0 amide bonds. The van der Waals surface area contributed by atoms with Gasteiger partial charge in [-0.2, -0.15) is 0 Å². The molecular weight excluding hydrogens is 206 g/mol. The van der Waals surface area contributed by atoms with Gasteiger partial charge in [-0.15, -0.1) is 0 Å². The predicted octanol–water partition coefficient (Wildman–Crippen LogP) is 4.83. The van der Waals surface area contributed by atoms with Crippen LogP contribution < -0.4 is 5.32 Å². The fraction of sp³-hybridized carbons (Fsp3) is 0.625. The first-order valence-corrected chi connectivity index (χ1v) is 6.72. The van der Waals surface area contributed by atoms with Gasteiger partial charge in [0.05, 0.1) is 0 Å². The molecule has 0 radical (unpaired) electrons. The highest BCUT2D eigenvalue weighted by Crippen LogP contribution is 2.30. The summed E-state index contributed by atoms with van der Waals surface area (Å²) in [4.78, 5) is 0. The summed E-state index contributed by atoms with van der Waals surface area (Å²) in [6.07, 6.45) is 1.16. The summed E-state index contributed by atoms with van der Waals surface area (Å²) in [5, 5.41) is 3.70. The largest absolute Gasteiger partial charge is 0.382 e. The Hall–Kier alpha value is -0.980. The normalized spacial score (nSPS) is 13.8. The third-order valence-electron chi connectivity index (χ3n) is 3.32. The molecule has 1 atom stereocenters. The van der Waals surface area contributed by atoms with Crippen LogP contribution in [0.15, 0.2) is 24.3 Å². The molecule has 1 N–H and O–H groups in total. The van der Waals surface area contributed by atoms with Crippen LogP contribution in [0.5, 0.6) is 0 Å². The van der Waals surface area contributed by atoms with Crippen LogP contribution >= 0.6 is 0 Å². The highest BCUT2D eigenvalue weighted by Gasteiger charge is 2.19. The van der Waals surface area contributed by atoms with Gasteiger partial charge in [0.1, 0.15) is 0 Å². The number of nitrogens with one attached hydrogen (secondary N) is 1. The first-order valence-electron chi connectivity index (χ1n) is 6.72. The molecule has 1 aromatic rings. The number of anilines is 1. The highest BCUT2D eigenvalue weighted by molar-refractivity contribution is 5.54. The van der Waals surface area contributed by atoms with E-state index in [-0.39, 0.29) is 5.41 Å². The minimum absolute atomic E-state index is 0.193. The second-order valence-corrected chi connectivity index (χ2v) is 6.20. The third-order valence-corrected chi connectivity index (χ3v) is 3.32. The van der Waals surface area contributed by atoms with Crippen LogP contribution in [0.2, 0.25) is 0 Å². The fourth-order valence-electron chi connectivity index (χ4n) is 2.20. The van der Waals surface area contributed by atoms with Crippen LogP contribution in [0.4, 0.5) is 5.69 Å². The zero-order valence-electron chi connectivity index (χ0n) is 12.2. The van der Waals surface area contributed by atoms with Crippen molar-refractivity contribution in [3.05, 3.63) is 29.8 Å². The van der Waals surface area contributed by atoms with Gasteiger partial charge in [-0.25, -0.2) is 0 Å². The van der Waals surface area contributed by atoms with Crippen molar-refractivity contribution in [2.75, 3.05) is 5.32 Å². The maximum atomic E-state index is 3.70. The zero-order chi connectivity index (χ0) is 13.1. The van der Waals surface area contributed by atoms with Gasteiger partial charge < -0.3 is 5.32 Å². The molecule has 1 aromatic carbocycles. The Morgan fingerprint density at radius 1 is 1.12 bits per heavy atom. The molecule has 0 aliphatic rings. The molecule has 0 saturated heterocycles. The van der Waals surface area contributed by atoms with Gasteiger partial charge in [0.25, 0.3) is 0 Å². The van der Waals surface area contributed by atoms with Gasteiger partial charge in [-0.1, -0.05) is 59.7 Å². The van der Waals surface area contributed by atoms with Crippen LogP contribution in [0.25, 0.3) is 0 Å². The molecule has 1 heteroatoms. The van der Waals surface area contributed by atoms with E-state index < -0.39 is 0 Å². The molecule has 0 bridgehead atoms. The second-order valence-electron chi connectivity index (χ2n) is 6.20. The Morgan fingerprint density at radius 2 is 1.71 bits per heavy atom. The van der Waals surface area contributed by atoms with Crippen molar-refractivity contribution >= 4 is 5.69 Å². The van der Waals surface area contributed by atoms with Crippen molar-refractivity contribution < 1.29 is 0 Å². The van der Waals surface area contributed by atoms with Crippen LogP contribution in [0.1, 0.15) is 53.5 Å². The quantitative estimate of drug-likeness (QED) is 0.785. The summed E-state index contributed by atoms with van der Waals surface area (Å²) in [5.74, 6) is 0.660. The van der Waals surface area contributed by atoms with Crippen LogP contribution in [-0.2, 0) is 5.41 Å². The highest BCUT2D eigenvalue weighted by atomic mass is 14.9. The van der Waals surface area contributed by atoms with E-state index in [2.05, 4.69) is 71.1 Å². The lowest BCUT2D eigenvalue weighted by Crippen LogP contribution is -2.26. The van der Waals surface area contributed by atoms with E-state index in [9.17, 15) is 0 Å². The first kappa shape index (κ1) is 14.1. The lowest BCUT2D eigenvalue weighted by atomic mass is 9.85. The van der Waals surface area contributed by atoms with E-state index in [1.54, 1.807) is 0 Å². The van der Waals surface area contributed by atoms with Gasteiger partial charge in [-0.3, -0.25) is 0 Å². The number of rotatable bonds is 4.